The fourth-order valence-electron chi connectivity index (χ4n) is 5.51. The SMILES string of the molecule is C=CCOC(=O)C1=C(C)N=c2s/c(=C\c3cn(-c4ccccc4)nc3-c3ccc(OCCCC)cc3)c(=O)n2C1c1ccc(OC)cc1. The Kier molecular flexibility index (Phi) is 9.82. The van der Waals surface area contributed by atoms with Crippen molar-refractivity contribution in [3.63, 3.8) is 0 Å². The van der Waals surface area contributed by atoms with Crippen molar-refractivity contribution < 1.29 is 19.0 Å². The molecular weight excluding hydrogens is 625 g/mol. The van der Waals surface area contributed by atoms with E-state index in [1.54, 1.807) is 30.7 Å². The highest BCUT2D eigenvalue weighted by Gasteiger charge is 2.33. The number of para-hydroxylation sites is 1. The number of hydrogen-bond donors (Lipinski definition) is 0. The van der Waals surface area contributed by atoms with Crippen LogP contribution in [0.3, 0.4) is 0 Å². The molecule has 0 bridgehead atoms. The number of benzene rings is 3. The van der Waals surface area contributed by atoms with Crippen LogP contribution in [0.4, 0.5) is 0 Å². The zero-order valence-electron chi connectivity index (χ0n) is 27.1. The predicted molar refractivity (Wildman–Crippen MR) is 187 cm³/mol. The summed E-state index contributed by atoms with van der Waals surface area (Å²) < 4.78 is 20.5. The molecule has 5 aromatic rings. The van der Waals surface area contributed by atoms with Gasteiger partial charge in [-0.05, 0) is 73.5 Å². The van der Waals surface area contributed by atoms with Gasteiger partial charge < -0.3 is 14.2 Å². The van der Waals surface area contributed by atoms with Crippen molar-refractivity contribution in [1.29, 1.82) is 0 Å². The van der Waals surface area contributed by atoms with Gasteiger partial charge in [-0.2, -0.15) is 5.10 Å². The average molecular weight is 661 g/mol. The molecule has 3 aromatic carbocycles. The normalized spacial score (nSPS) is 14.3. The van der Waals surface area contributed by atoms with Crippen LogP contribution in [0, 0.1) is 0 Å². The number of carbonyl (C=O) groups excluding carboxylic acids is 1. The molecule has 48 heavy (non-hydrogen) atoms. The molecule has 2 aromatic heterocycles. The van der Waals surface area contributed by atoms with Crippen molar-refractivity contribution in [2.75, 3.05) is 20.3 Å². The lowest BCUT2D eigenvalue weighted by atomic mass is 9.96. The average Bonchev–Trinajstić information content (AvgIpc) is 3.67. The number of ether oxygens (including phenoxy) is 3. The maximum absolute atomic E-state index is 14.3. The van der Waals surface area contributed by atoms with Gasteiger partial charge in [0.2, 0.25) is 0 Å². The summed E-state index contributed by atoms with van der Waals surface area (Å²) in [6.45, 7) is 8.24. The summed E-state index contributed by atoms with van der Waals surface area (Å²) >= 11 is 1.26. The van der Waals surface area contributed by atoms with Gasteiger partial charge in [0.05, 0.1) is 41.2 Å². The Hall–Kier alpha value is -5.48. The number of fused-ring (bicyclic) bond motifs is 1. The summed E-state index contributed by atoms with van der Waals surface area (Å²) in [6.07, 6.45) is 7.31. The Morgan fingerprint density at radius 3 is 2.44 bits per heavy atom. The number of esters is 1. The number of carbonyl (C=O) groups is 1. The Balaban J connectivity index is 1.49. The Labute approximate surface area is 282 Å². The third-order valence-electron chi connectivity index (χ3n) is 7.95. The third-order valence-corrected chi connectivity index (χ3v) is 8.93. The lowest BCUT2D eigenvalue weighted by Gasteiger charge is -2.24. The summed E-state index contributed by atoms with van der Waals surface area (Å²) in [5.41, 5.74) is 4.45. The first-order valence-electron chi connectivity index (χ1n) is 15.7. The lowest BCUT2D eigenvalue weighted by Crippen LogP contribution is -2.39. The summed E-state index contributed by atoms with van der Waals surface area (Å²) in [7, 11) is 1.59. The van der Waals surface area contributed by atoms with Gasteiger partial charge in [-0.15, -0.1) is 0 Å². The molecule has 9 nitrogen and oxygen atoms in total. The van der Waals surface area contributed by atoms with E-state index in [9.17, 15) is 9.59 Å². The zero-order chi connectivity index (χ0) is 33.6. The highest BCUT2D eigenvalue weighted by molar-refractivity contribution is 7.07. The Morgan fingerprint density at radius 1 is 1.02 bits per heavy atom. The molecule has 0 amide bonds. The number of thiazole rings is 1. The second-order valence-electron chi connectivity index (χ2n) is 11.2. The summed E-state index contributed by atoms with van der Waals surface area (Å²) in [6, 6.07) is 24.2. The molecule has 0 saturated carbocycles. The quantitative estimate of drug-likeness (QED) is 0.0925. The van der Waals surface area contributed by atoms with Crippen molar-refractivity contribution in [3.05, 3.63) is 140 Å². The Bertz CT molecular complexity index is 2140. The highest BCUT2D eigenvalue weighted by Crippen LogP contribution is 2.32. The van der Waals surface area contributed by atoms with Gasteiger partial charge >= 0.3 is 5.97 Å². The minimum absolute atomic E-state index is 0.0371. The van der Waals surface area contributed by atoms with Crippen molar-refractivity contribution in [3.8, 4) is 28.4 Å². The van der Waals surface area contributed by atoms with Gasteiger partial charge in [-0.1, -0.05) is 67.7 Å². The van der Waals surface area contributed by atoms with E-state index in [0.717, 1.165) is 41.0 Å². The maximum Gasteiger partial charge on any atom is 0.338 e. The summed E-state index contributed by atoms with van der Waals surface area (Å²) in [5, 5.41) is 4.95. The number of aromatic nitrogens is 3. The van der Waals surface area contributed by atoms with Gasteiger partial charge in [0.25, 0.3) is 5.56 Å². The van der Waals surface area contributed by atoms with Crippen LogP contribution in [0.2, 0.25) is 0 Å². The van der Waals surface area contributed by atoms with E-state index in [1.165, 1.54) is 17.4 Å². The van der Waals surface area contributed by atoms with Crippen molar-refractivity contribution in [2.24, 2.45) is 4.99 Å². The molecular formula is C38H36N4O5S. The van der Waals surface area contributed by atoms with E-state index in [4.69, 9.17) is 24.3 Å². The molecule has 1 aliphatic heterocycles. The molecule has 244 valence electrons. The van der Waals surface area contributed by atoms with Gasteiger partial charge in [0.15, 0.2) is 4.80 Å². The molecule has 0 aliphatic carbocycles. The van der Waals surface area contributed by atoms with Crippen LogP contribution in [0.5, 0.6) is 11.5 Å². The second-order valence-corrected chi connectivity index (χ2v) is 12.2. The van der Waals surface area contributed by atoms with Crippen molar-refractivity contribution in [1.82, 2.24) is 14.3 Å². The first-order chi connectivity index (χ1) is 23.4. The number of methoxy groups -OCH3 is 1. The van der Waals surface area contributed by atoms with Gasteiger partial charge in [0.1, 0.15) is 23.8 Å². The number of unbranched alkanes of at least 4 members (excludes halogenated alkanes) is 1. The van der Waals surface area contributed by atoms with E-state index >= 15 is 0 Å². The fourth-order valence-corrected chi connectivity index (χ4v) is 6.55. The predicted octanol–water partition coefficient (Wildman–Crippen LogP) is 6.00. The molecule has 3 heterocycles. The molecule has 1 aliphatic rings. The van der Waals surface area contributed by atoms with Crippen LogP contribution in [0.15, 0.2) is 119 Å². The maximum atomic E-state index is 14.3. The van der Waals surface area contributed by atoms with Crippen molar-refractivity contribution >= 4 is 23.4 Å². The number of rotatable bonds is 12. The van der Waals surface area contributed by atoms with Crippen molar-refractivity contribution in [2.45, 2.75) is 32.7 Å². The topological polar surface area (TPSA) is 96.9 Å². The molecule has 0 saturated heterocycles. The zero-order valence-corrected chi connectivity index (χ0v) is 27.9. The van der Waals surface area contributed by atoms with Gasteiger partial charge in [-0.3, -0.25) is 9.36 Å². The molecule has 10 heteroatoms. The van der Waals surface area contributed by atoms with Gasteiger partial charge in [0, 0.05) is 17.3 Å². The lowest BCUT2D eigenvalue weighted by molar-refractivity contribution is -0.138. The van der Waals surface area contributed by atoms with Crippen LogP contribution >= 0.6 is 11.3 Å². The second kappa shape index (κ2) is 14.5. The molecule has 0 fully saturated rings. The number of hydrogen-bond acceptors (Lipinski definition) is 8. The largest absolute Gasteiger partial charge is 0.497 e. The van der Waals surface area contributed by atoms with E-state index in [2.05, 4.69) is 13.5 Å². The third kappa shape index (κ3) is 6.65. The highest BCUT2D eigenvalue weighted by atomic mass is 32.1. The van der Waals surface area contributed by atoms with E-state index in [-0.39, 0.29) is 12.2 Å². The molecule has 1 atom stereocenters. The van der Waals surface area contributed by atoms with Crippen LogP contribution in [0.1, 0.15) is 43.9 Å². The standard InChI is InChI=1S/C38H36N4O5S/c1-5-7-22-46-31-19-13-26(14-20-31)34-28(24-41(40-34)29-11-9-8-10-12-29)23-32-36(43)42-35(27-15-17-30(45-4)18-16-27)33(37(44)47-21-6-2)25(3)39-38(42)48-32/h6,8-20,23-24,35H,2,5,7,21-22H2,1,3-4H3/b32-23-. The molecule has 0 N–H and O–H groups in total. The fraction of sp³-hybridized carbons (Fsp3) is 0.211. The van der Waals surface area contributed by atoms with E-state index in [0.29, 0.717) is 38.7 Å². The number of allylic oxidation sites excluding steroid dienone is 1. The summed E-state index contributed by atoms with van der Waals surface area (Å²) in [5.74, 6) is 0.895. The van der Waals surface area contributed by atoms with Crippen LogP contribution in [-0.2, 0) is 9.53 Å². The first kappa shape index (κ1) is 32.5. The number of nitrogens with zero attached hydrogens (tertiary/aromatic N) is 4. The van der Waals surface area contributed by atoms with Crippen LogP contribution in [0.25, 0.3) is 23.0 Å². The molecule has 1 unspecified atom stereocenters. The monoisotopic (exact) mass is 660 g/mol. The van der Waals surface area contributed by atoms with Gasteiger partial charge in [-0.25, -0.2) is 14.5 Å². The molecule has 0 radical (unpaired) electrons. The van der Waals surface area contributed by atoms with Crippen LogP contribution < -0.4 is 24.4 Å². The first-order valence-corrected chi connectivity index (χ1v) is 16.6. The van der Waals surface area contributed by atoms with E-state index < -0.39 is 12.0 Å². The molecule has 0 spiro atoms. The summed E-state index contributed by atoms with van der Waals surface area (Å²) in [4.78, 5) is 32.9. The minimum Gasteiger partial charge on any atom is -0.497 e. The van der Waals surface area contributed by atoms with E-state index in [1.807, 2.05) is 83.7 Å². The molecule has 6 rings (SSSR count). The Morgan fingerprint density at radius 2 is 1.75 bits per heavy atom. The minimum atomic E-state index is -0.751. The van der Waals surface area contributed by atoms with Crippen LogP contribution in [-0.4, -0.2) is 40.6 Å². The smallest absolute Gasteiger partial charge is 0.338 e.